The first-order valence-corrected chi connectivity index (χ1v) is 7.55. The van der Waals surface area contributed by atoms with Crippen LogP contribution in [-0.4, -0.2) is 6.54 Å². The number of halogens is 2. The summed E-state index contributed by atoms with van der Waals surface area (Å²) < 4.78 is 0. The monoisotopic (exact) mass is 299 g/mol. The average molecular weight is 300 g/mol. The van der Waals surface area contributed by atoms with Gasteiger partial charge < -0.3 is 5.32 Å². The third-order valence-corrected chi connectivity index (χ3v) is 4.64. The van der Waals surface area contributed by atoms with Crippen molar-refractivity contribution in [2.24, 2.45) is 0 Å². The molecule has 0 spiro atoms. The van der Waals surface area contributed by atoms with Crippen LogP contribution in [0.3, 0.4) is 0 Å². The third-order valence-electron chi connectivity index (χ3n) is 2.79. The van der Waals surface area contributed by atoms with Crippen molar-refractivity contribution in [2.75, 3.05) is 6.54 Å². The quantitative estimate of drug-likeness (QED) is 0.824. The van der Waals surface area contributed by atoms with Gasteiger partial charge in [0.15, 0.2) is 0 Å². The lowest BCUT2D eigenvalue weighted by atomic mass is 10.0. The highest BCUT2D eigenvalue weighted by Gasteiger charge is 2.14. The molecule has 0 saturated carbocycles. The molecule has 0 aliphatic rings. The van der Waals surface area contributed by atoms with Gasteiger partial charge in [-0.1, -0.05) is 48.3 Å². The summed E-state index contributed by atoms with van der Waals surface area (Å²) in [5.74, 6) is 0. The second-order valence-corrected chi connectivity index (χ2v) is 5.81. The number of nitrogens with one attached hydrogen (secondary N) is 1. The van der Waals surface area contributed by atoms with Crippen LogP contribution < -0.4 is 5.32 Å². The van der Waals surface area contributed by atoms with E-state index in [0.717, 1.165) is 18.5 Å². The summed E-state index contributed by atoms with van der Waals surface area (Å²) in [5.41, 5.74) is 1.09. The molecular formula is C14H15Cl2NS. The normalized spacial score (nSPS) is 12.6. The van der Waals surface area contributed by atoms with Gasteiger partial charge in [-0.3, -0.25) is 0 Å². The Balaban J connectivity index is 2.21. The number of rotatable bonds is 5. The van der Waals surface area contributed by atoms with Gasteiger partial charge in [0, 0.05) is 10.9 Å². The van der Waals surface area contributed by atoms with Crippen LogP contribution in [0, 0.1) is 0 Å². The van der Waals surface area contributed by atoms with Crippen LogP contribution in [0.15, 0.2) is 35.7 Å². The van der Waals surface area contributed by atoms with Gasteiger partial charge in [-0.2, -0.15) is 0 Å². The number of hydrogen-bond donors (Lipinski definition) is 1. The molecule has 1 aromatic carbocycles. The minimum atomic E-state index is 0.297. The van der Waals surface area contributed by atoms with Crippen LogP contribution in [0.5, 0.6) is 0 Å². The first-order chi connectivity index (χ1) is 8.72. The smallest absolute Gasteiger partial charge is 0.0624 e. The summed E-state index contributed by atoms with van der Waals surface area (Å²) in [7, 11) is 0. The van der Waals surface area contributed by atoms with Gasteiger partial charge in [0.1, 0.15) is 0 Å². The fraction of sp³-hybridized carbons (Fsp3) is 0.286. The zero-order chi connectivity index (χ0) is 13.0. The van der Waals surface area contributed by atoms with Crippen LogP contribution in [-0.2, 0) is 6.42 Å². The molecule has 4 heteroatoms. The van der Waals surface area contributed by atoms with Crippen molar-refractivity contribution in [3.8, 4) is 0 Å². The van der Waals surface area contributed by atoms with E-state index in [2.05, 4.69) is 29.8 Å². The van der Waals surface area contributed by atoms with E-state index in [4.69, 9.17) is 23.2 Å². The van der Waals surface area contributed by atoms with Crippen molar-refractivity contribution in [3.05, 3.63) is 56.2 Å². The Morgan fingerprint density at radius 3 is 2.72 bits per heavy atom. The molecule has 1 aromatic heterocycles. The lowest BCUT2D eigenvalue weighted by Gasteiger charge is -2.17. The molecule has 0 bridgehead atoms. The van der Waals surface area contributed by atoms with Crippen molar-refractivity contribution < 1.29 is 0 Å². The van der Waals surface area contributed by atoms with E-state index in [1.807, 2.05) is 18.2 Å². The van der Waals surface area contributed by atoms with E-state index < -0.39 is 0 Å². The Morgan fingerprint density at radius 2 is 2.06 bits per heavy atom. The molecule has 0 fully saturated rings. The molecule has 0 saturated heterocycles. The molecule has 1 atom stereocenters. The molecule has 1 nitrogen and oxygen atoms in total. The van der Waals surface area contributed by atoms with Crippen molar-refractivity contribution in [3.63, 3.8) is 0 Å². The number of likely N-dealkylation sites (N-methyl/N-ethyl adjacent to an activating group) is 1. The van der Waals surface area contributed by atoms with Gasteiger partial charge in [-0.05, 0) is 36.0 Å². The Kier molecular flexibility index (Phi) is 5.07. The summed E-state index contributed by atoms with van der Waals surface area (Å²) in [6, 6.07) is 10.3. The molecule has 0 amide bonds. The maximum absolute atomic E-state index is 6.24. The zero-order valence-corrected chi connectivity index (χ0v) is 12.4. The molecule has 18 heavy (non-hydrogen) atoms. The highest BCUT2D eigenvalue weighted by molar-refractivity contribution is 7.10. The number of benzene rings is 1. The van der Waals surface area contributed by atoms with E-state index in [1.165, 1.54) is 4.88 Å². The van der Waals surface area contributed by atoms with Crippen molar-refractivity contribution >= 4 is 34.5 Å². The minimum absolute atomic E-state index is 0.297. The second-order valence-electron chi connectivity index (χ2n) is 4.04. The topological polar surface area (TPSA) is 12.0 Å². The van der Waals surface area contributed by atoms with E-state index in [-0.39, 0.29) is 0 Å². The van der Waals surface area contributed by atoms with Crippen LogP contribution >= 0.6 is 34.5 Å². The first kappa shape index (κ1) is 13.9. The van der Waals surface area contributed by atoms with Crippen LogP contribution in [0.1, 0.15) is 23.4 Å². The molecule has 2 rings (SSSR count). The molecule has 0 aliphatic carbocycles. The molecule has 1 N–H and O–H groups in total. The van der Waals surface area contributed by atoms with E-state index in [0.29, 0.717) is 16.1 Å². The Labute approximate surface area is 122 Å². The Morgan fingerprint density at radius 1 is 1.22 bits per heavy atom. The molecule has 96 valence electrons. The largest absolute Gasteiger partial charge is 0.309 e. The Hall–Kier alpha value is -0.540. The van der Waals surface area contributed by atoms with Gasteiger partial charge in [0.05, 0.1) is 10.0 Å². The fourth-order valence-electron chi connectivity index (χ4n) is 1.94. The molecule has 1 heterocycles. The highest BCUT2D eigenvalue weighted by atomic mass is 35.5. The van der Waals surface area contributed by atoms with E-state index in [9.17, 15) is 0 Å². The van der Waals surface area contributed by atoms with Gasteiger partial charge in [-0.25, -0.2) is 0 Å². The standard InChI is InChI=1S/C14H15Cl2NS/c1-2-17-12(13-7-4-8-18-13)9-10-5-3-6-11(15)14(10)16/h3-8,12,17H,2,9H2,1H3. The molecule has 0 aliphatic heterocycles. The maximum atomic E-state index is 6.24. The molecule has 0 radical (unpaired) electrons. The third kappa shape index (κ3) is 3.27. The van der Waals surface area contributed by atoms with E-state index >= 15 is 0 Å². The summed E-state index contributed by atoms with van der Waals surface area (Å²) in [6.45, 7) is 3.04. The summed E-state index contributed by atoms with van der Waals surface area (Å²) in [5, 5.41) is 6.87. The van der Waals surface area contributed by atoms with Gasteiger partial charge in [0.25, 0.3) is 0 Å². The fourth-order valence-corrected chi connectivity index (χ4v) is 3.13. The lowest BCUT2D eigenvalue weighted by Crippen LogP contribution is -2.22. The summed E-state index contributed by atoms with van der Waals surface area (Å²) in [4.78, 5) is 1.33. The zero-order valence-electron chi connectivity index (χ0n) is 10.1. The van der Waals surface area contributed by atoms with Gasteiger partial charge in [-0.15, -0.1) is 11.3 Å². The number of thiophene rings is 1. The first-order valence-electron chi connectivity index (χ1n) is 5.92. The van der Waals surface area contributed by atoms with Crippen molar-refractivity contribution in [2.45, 2.75) is 19.4 Å². The second kappa shape index (κ2) is 6.58. The predicted octanol–water partition coefficient (Wildman–Crippen LogP) is 4.95. The van der Waals surface area contributed by atoms with Gasteiger partial charge >= 0.3 is 0 Å². The Bertz CT molecular complexity index is 497. The minimum Gasteiger partial charge on any atom is -0.309 e. The van der Waals surface area contributed by atoms with Crippen molar-refractivity contribution in [1.29, 1.82) is 0 Å². The van der Waals surface area contributed by atoms with Crippen LogP contribution in [0.2, 0.25) is 10.0 Å². The molecule has 2 aromatic rings. The van der Waals surface area contributed by atoms with Crippen LogP contribution in [0.25, 0.3) is 0 Å². The van der Waals surface area contributed by atoms with E-state index in [1.54, 1.807) is 11.3 Å². The molecular weight excluding hydrogens is 285 g/mol. The SMILES string of the molecule is CCNC(Cc1cccc(Cl)c1Cl)c1cccs1. The summed E-state index contributed by atoms with van der Waals surface area (Å²) >= 11 is 14.1. The lowest BCUT2D eigenvalue weighted by molar-refractivity contribution is 0.558. The predicted molar refractivity (Wildman–Crippen MR) is 80.9 cm³/mol. The van der Waals surface area contributed by atoms with Crippen molar-refractivity contribution in [1.82, 2.24) is 5.32 Å². The maximum Gasteiger partial charge on any atom is 0.0624 e. The molecule has 1 unspecified atom stereocenters. The summed E-state index contributed by atoms with van der Waals surface area (Å²) in [6.07, 6.45) is 0.855. The number of hydrogen-bond acceptors (Lipinski definition) is 2. The van der Waals surface area contributed by atoms with Crippen LogP contribution in [0.4, 0.5) is 0 Å². The average Bonchev–Trinajstić information content (AvgIpc) is 2.88. The van der Waals surface area contributed by atoms with Gasteiger partial charge in [0.2, 0.25) is 0 Å². The highest BCUT2D eigenvalue weighted by Crippen LogP contribution is 2.30.